The van der Waals surface area contributed by atoms with Crippen molar-refractivity contribution in [1.82, 2.24) is 0 Å². The lowest BCUT2D eigenvalue weighted by molar-refractivity contribution is -0.120. The second-order valence-electron chi connectivity index (χ2n) is 5.12. The molecule has 2 aromatic rings. The summed E-state index contributed by atoms with van der Waals surface area (Å²) in [7, 11) is 3.02. The van der Waals surface area contributed by atoms with Crippen LogP contribution in [0.2, 0.25) is 5.02 Å². The van der Waals surface area contributed by atoms with E-state index >= 15 is 0 Å². The Kier molecular flexibility index (Phi) is 7.45. The first-order valence-corrected chi connectivity index (χ1v) is 8.13. The Morgan fingerprint density at radius 2 is 1.81 bits per heavy atom. The van der Waals surface area contributed by atoms with Crippen molar-refractivity contribution in [3.8, 4) is 11.5 Å². The largest absolute Gasteiger partial charge is 0.497 e. The molecule has 2 rings (SSSR count). The van der Waals surface area contributed by atoms with Crippen LogP contribution < -0.4 is 20.1 Å². The van der Waals surface area contributed by atoms with Gasteiger partial charge in [-0.1, -0.05) is 16.8 Å². The van der Waals surface area contributed by atoms with Gasteiger partial charge in [0.25, 0.3) is 11.8 Å². The first-order valence-electron chi connectivity index (χ1n) is 7.75. The van der Waals surface area contributed by atoms with E-state index in [1.54, 1.807) is 43.5 Å². The number of halogens is 1. The molecule has 2 amide bonds. The molecule has 0 saturated carbocycles. The molecule has 0 aliphatic heterocycles. The van der Waals surface area contributed by atoms with Gasteiger partial charge in [0.2, 0.25) is 0 Å². The Labute approximate surface area is 161 Å². The fourth-order valence-corrected chi connectivity index (χ4v) is 2.17. The molecule has 2 N–H and O–H groups in total. The summed E-state index contributed by atoms with van der Waals surface area (Å²) >= 11 is 5.89. The SMILES string of the molecule is COc1ccc(NC(=O)CO/N=C\C(=O)Nc2cc(Cl)ccc2OC)cc1. The molecule has 0 bridgehead atoms. The predicted molar refractivity (Wildman–Crippen MR) is 103 cm³/mol. The Morgan fingerprint density at radius 1 is 1.07 bits per heavy atom. The molecule has 142 valence electrons. The molecule has 0 aliphatic carbocycles. The van der Waals surface area contributed by atoms with Crippen molar-refractivity contribution >= 4 is 41.0 Å². The van der Waals surface area contributed by atoms with Crippen LogP contribution >= 0.6 is 11.6 Å². The van der Waals surface area contributed by atoms with E-state index in [1.807, 2.05) is 0 Å². The normalized spacial score (nSPS) is 10.3. The number of ether oxygens (including phenoxy) is 2. The highest BCUT2D eigenvalue weighted by Crippen LogP contribution is 2.27. The van der Waals surface area contributed by atoms with E-state index in [2.05, 4.69) is 15.8 Å². The Bertz CT molecular complexity index is 824. The summed E-state index contributed by atoms with van der Waals surface area (Å²) in [5.74, 6) is 0.137. The van der Waals surface area contributed by atoms with Crippen LogP contribution in [0.25, 0.3) is 0 Å². The van der Waals surface area contributed by atoms with E-state index in [1.165, 1.54) is 13.2 Å². The number of nitrogens with one attached hydrogen (secondary N) is 2. The molecular formula is C18H18ClN3O5. The van der Waals surface area contributed by atoms with Gasteiger partial charge in [0.1, 0.15) is 17.7 Å². The summed E-state index contributed by atoms with van der Waals surface area (Å²) in [4.78, 5) is 28.4. The standard InChI is InChI=1S/C18H18ClN3O5/c1-25-14-6-4-13(5-7-14)21-18(24)11-27-20-10-17(23)22-15-9-12(19)3-8-16(15)26-2/h3-10H,11H2,1-2H3,(H,21,24)(H,22,23)/b20-10-. The number of carbonyl (C=O) groups is 2. The zero-order valence-corrected chi connectivity index (χ0v) is 15.4. The molecule has 0 spiro atoms. The predicted octanol–water partition coefficient (Wildman–Crippen LogP) is 2.94. The fourth-order valence-electron chi connectivity index (χ4n) is 2.00. The number of anilines is 2. The quantitative estimate of drug-likeness (QED) is 0.532. The van der Waals surface area contributed by atoms with Crippen molar-refractivity contribution in [3.63, 3.8) is 0 Å². The monoisotopic (exact) mass is 391 g/mol. The summed E-state index contributed by atoms with van der Waals surface area (Å²) in [6.07, 6.45) is 0.904. The zero-order chi connectivity index (χ0) is 19.6. The summed E-state index contributed by atoms with van der Waals surface area (Å²) in [5, 5.41) is 9.07. The van der Waals surface area contributed by atoms with Gasteiger partial charge in [-0.05, 0) is 42.5 Å². The van der Waals surface area contributed by atoms with E-state index in [9.17, 15) is 9.59 Å². The topological polar surface area (TPSA) is 98.3 Å². The van der Waals surface area contributed by atoms with Gasteiger partial charge in [0, 0.05) is 10.7 Å². The molecule has 8 nitrogen and oxygen atoms in total. The highest BCUT2D eigenvalue weighted by atomic mass is 35.5. The van der Waals surface area contributed by atoms with E-state index < -0.39 is 11.8 Å². The second kappa shape index (κ2) is 10.0. The van der Waals surface area contributed by atoms with Crippen LogP contribution in [0, 0.1) is 0 Å². The number of oxime groups is 1. The third kappa shape index (κ3) is 6.52. The van der Waals surface area contributed by atoms with Gasteiger partial charge in [0.15, 0.2) is 6.61 Å². The summed E-state index contributed by atoms with van der Waals surface area (Å²) < 4.78 is 10.1. The van der Waals surface area contributed by atoms with Gasteiger partial charge in [-0.3, -0.25) is 9.59 Å². The molecule has 27 heavy (non-hydrogen) atoms. The van der Waals surface area contributed by atoms with Crippen LogP contribution in [0.5, 0.6) is 11.5 Å². The smallest absolute Gasteiger partial charge is 0.270 e. The minimum Gasteiger partial charge on any atom is -0.497 e. The third-order valence-corrected chi connectivity index (χ3v) is 3.47. The third-order valence-electron chi connectivity index (χ3n) is 3.23. The Hall–Kier alpha value is -3.26. The average Bonchev–Trinajstić information content (AvgIpc) is 2.66. The molecular weight excluding hydrogens is 374 g/mol. The maximum atomic E-state index is 11.8. The van der Waals surface area contributed by atoms with E-state index in [4.69, 9.17) is 25.9 Å². The Morgan fingerprint density at radius 3 is 2.48 bits per heavy atom. The molecule has 0 unspecified atom stereocenters. The molecule has 0 aromatic heterocycles. The maximum absolute atomic E-state index is 11.8. The molecule has 0 saturated heterocycles. The van der Waals surface area contributed by atoms with Crippen LogP contribution in [0.15, 0.2) is 47.6 Å². The molecule has 0 heterocycles. The van der Waals surface area contributed by atoms with Gasteiger partial charge < -0.3 is 24.9 Å². The van der Waals surface area contributed by atoms with Gasteiger partial charge in [-0.2, -0.15) is 0 Å². The first kappa shape index (κ1) is 20.1. The van der Waals surface area contributed by atoms with E-state index in [-0.39, 0.29) is 6.61 Å². The number of hydrogen-bond donors (Lipinski definition) is 2. The van der Waals surface area contributed by atoms with Crippen molar-refractivity contribution in [2.75, 3.05) is 31.5 Å². The number of hydrogen-bond acceptors (Lipinski definition) is 6. The number of methoxy groups -OCH3 is 2. The van der Waals surface area contributed by atoms with Crippen LogP contribution in [0.3, 0.4) is 0 Å². The van der Waals surface area contributed by atoms with Crippen LogP contribution in [-0.2, 0) is 14.4 Å². The van der Waals surface area contributed by atoms with Crippen molar-refractivity contribution in [2.24, 2.45) is 5.16 Å². The highest BCUT2D eigenvalue weighted by Gasteiger charge is 2.07. The fraction of sp³-hybridized carbons (Fsp3) is 0.167. The van der Waals surface area contributed by atoms with Gasteiger partial charge in [-0.15, -0.1) is 0 Å². The van der Waals surface area contributed by atoms with Gasteiger partial charge in [0.05, 0.1) is 19.9 Å². The molecule has 0 atom stereocenters. The van der Waals surface area contributed by atoms with E-state index in [0.717, 1.165) is 6.21 Å². The summed E-state index contributed by atoms with van der Waals surface area (Å²) in [6, 6.07) is 11.6. The molecule has 2 aromatic carbocycles. The number of nitrogens with zero attached hydrogens (tertiary/aromatic N) is 1. The van der Waals surface area contributed by atoms with Crippen molar-refractivity contribution in [2.45, 2.75) is 0 Å². The molecule has 0 aliphatic rings. The summed E-state index contributed by atoms with van der Waals surface area (Å²) in [5.41, 5.74) is 0.970. The lowest BCUT2D eigenvalue weighted by Gasteiger charge is -2.08. The van der Waals surface area contributed by atoms with Crippen LogP contribution in [0.4, 0.5) is 11.4 Å². The van der Waals surface area contributed by atoms with Crippen molar-refractivity contribution in [1.29, 1.82) is 0 Å². The average molecular weight is 392 g/mol. The lowest BCUT2D eigenvalue weighted by atomic mass is 10.3. The lowest BCUT2D eigenvalue weighted by Crippen LogP contribution is -2.18. The van der Waals surface area contributed by atoms with Crippen LogP contribution in [-0.4, -0.2) is 38.9 Å². The number of carbonyl (C=O) groups excluding carboxylic acids is 2. The molecule has 0 radical (unpaired) electrons. The minimum atomic E-state index is -0.564. The molecule has 0 fully saturated rings. The maximum Gasteiger partial charge on any atom is 0.270 e. The van der Waals surface area contributed by atoms with E-state index in [0.29, 0.717) is 27.9 Å². The van der Waals surface area contributed by atoms with Crippen molar-refractivity contribution in [3.05, 3.63) is 47.5 Å². The van der Waals surface area contributed by atoms with Gasteiger partial charge >= 0.3 is 0 Å². The zero-order valence-electron chi connectivity index (χ0n) is 14.7. The van der Waals surface area contributed by atoms with Crippen LogP contribution in [0.1, 0.15) is 0 Å². The Balaban J connectivity index is 1.78. The number of benzene rings is 2. The molecule has 9 heteroatoms. The number of amides is 2. The highest BCUT2D eigenvalue weighted by molar-refractivity contribution is 6.33. The first-order chi connectivity index (χ1) is 13.0. The van der Waals surface area contributed by atoms with Crippen molar-refractivity contribution < 1.29 is 23.9 Å². The second-order valence-corrected chi connectivity index (χ2v) is 5.55. The summed E-state index contributed by atoms with van der Waals surface area (Å²) in [6.45, 7) is -0.351. The minimum absolute atomic E-state index is 0.351. The number of rotatable bonds is 8. The van der Waals surface area contributed by atoms with Gasteiger partial charge in [-0.25, -0.2) is 0 Å².